The monoisotopic (exact) mass is 338 g/mol. The predicted molar refractivity (Wildman–Crippen MR) is 88.3 cm³/mol. The second kappa shape index (κ2) is 10.4. The molecule has 24 heavy (non-hydrogen) atoms. The first-order valence-corrected chi connectivity index (χ1v) is 8.08. The third-order valence-electron chi connectivity index (χ3n) is 3.98. The molecule has 2 N–H and O–H groups in total. The van der Waals surface area contributed by atoms with Gasteiger partial charge in [0.25, 0.3) is 0 Å². The molecule has 0 aromatic heterocycles. The number of hydrogen-bond acceptors (Lipinski definition) is 6. The van der Waals surface area contributed by atoms with Crippen LogP contribution in [0.25, 0.3) is 0 Å². The maximum absolute atomic E-state index is 12.2. The summed E-state index contributed by atoms with van der Waals surface area (Å²) < 4.78 is 15.6. The van der Waals surface area contributed by atoms with Gasteiger partial charge in [0.15, 0.2) is 0 Å². The molecule has 0 unspecified atom stereocenters. The first kappa shape index (κ1) is 18.8. The van der Waals surface area contributed by atoms with Crippen molar-refractivity contribution in [3.05, 3.63) is 35.9 Å². The van der Waals surface area contributed by atoms with Gasteiger partial charge in [-0.25, -0.2) is 0 Å². The zero-order chi connectivity index (χ0) is 17.2. The zero-order valence-electron chi connectivity index (χ0n) is 14.0. The maximum Gasteiger partial charge on any atom is 0.237 e. The molecule has 2 atom stereocenters. The number of aliphatic hydroxyl groups excluding tert-OH is 1. The number of hydrogen-bond donors (Lipinski definition) is 2. The van der Waals surface area contributed by atoms with Crippen LogP contribution in [-0.2, 0) is 25.5 Å². The molecule has 1 aromatic rings. The van der Waals surface area contributed by atoms with Crippen molar-refractivity contribution in [3.8, 4) is 0 Å². The third-order valence-corrected chi connectivity index (χ3v) is 3.98. The second-order valence-corrected chi connectivity index (χ2v) is 5.63. The molecule has 0 spiro atoms. The van der Waals surface area contributed by atoms with Crippen molar-refractivity contribution in [3.63, 3.8) is 0 Å². The Labute approximate surface area is 142 Å². The number of nitrogens with zero attached hydrogens (tertiary/aromatic N) is 1. The highest BCUT2D eigenvalue weighted by Gasteiger charge is 2.35. The molecule has 7 nitrogen and oxygen atoms in total. The van der Waals surface area contributed by atoms with Crippen molar-refractivity contribution in [2.24, 2.45) is 0 Å². The van der Waals surface area contributed by atoms with Crippen molar-refractivity contribution in [2.45, 2.75) is 18.6 Å². The van der Waals surface area contributed by atoms with Crippen LogP contribution in [0.2, 0.25) is 0 Å². The summed E-state index contributed by atoms with van der Waals surface area (Å²) in [5.41, 5.74) is 1.04. The fourth-order valence-corrected chi connectivity index (χ4v) is 2.67. The van der Waals surface area contributed by atoms with Gasteiger partial charge in [-0.05, 0) is 5.56 Å². The Morgan fingerprint density at radius 1 is 1.25 bits per heavy atom. The topological polar surface area (TPSA) is 80.3 Å². The van der Waals surface area contributed by atoms with E-state index in [1.54, 1.807) is 12.0 Å². The molecule has 1 aromatic carbocycles. The first-order chi connectivity index (χ1) is 11.8. The van der Waals surface area contributed by atoms with Gasteiger partial charge in [-0.3, -0.25) is 4.79 Å². The van der Waals surface area contributed by atoms with E-state index in [0.717, 1.165) is 5.56 Å². The summed E-state index contributed by atoms with van der Waals surface area (Å²) in [5, 5.41) is 12.9. The molecule has 1 aliphatic rings. The molecule has 1 amide bonds. The fraction of sp³-hybridized carbons (Fsp3) is 0.588. The largest absolute Gasteiger partial charge is 0.394 e. The second-order valence-electron chi connectivity index (χ2n) is 5.63. The number of nitrogens with one attached hydrogen (secondary N) is 1. The fourth-order valence-electron chi connectivity index (χ4n) is 2.67. The van der Waals surface area contributed by atoms with E-state index in [1.165, 1.54) is 0 Å². The predicted octanol–water partition coefficient (Wildman–Crippen LogP) is -0.0150. The van der Waals surface area contributed by atoms with Gasteiger partial charge in [-0.1, -0.05) is 30.3 Å². The van der Waals surface area contributed by atoms with Gasteiger partial charge in [0.2, 0.25) is 5.91 Å². The Morgan fingerprint density at radius 3 is 2.75 bits per heavy atom. The molecular weight excluding hydrogens is 312 g/mol. The number of benzene rings is 1. The van der Waals surface area contributed by atoms with Crippen LogP contribution in [0.4, 0.5) is 0 Å². The van der Waals surface area contributed by atoms with Gasteiger partial charge in [-0.15, -0.1) is 0 Å². The average molecular weight is 338 g/mol. The number of carbonyl (C=O) groups is 1. The van der Waals surface area contributed by atoms with Gasteiger partial charge in [0, 0.05) is 13.7 Å². The number of rotatable bonds is 10. The minimum absolute atomic E-state index is 0.0227. The number of ether oxygens (including phenoxy) is 3. The molecule has 7 heteroatoms. The minimum Gasteiger partial charge on any atom is -0.394 e. The minimum atomic E-state index is -0.328. The van der Waals surface area contributed by atoms with Gasteiger partial charge in [0.1, 0.15) is 6.79 Å². The summed E-state index contributed by atoms with van der Waals surface area (Å²) in [7, 11) is 1.61. The Bertz CT molecular complexity index is 485. The van der Waals surface area contributed by atoms with Crippen LogP contribution in [0.5, 0.6) is 0 Å². The van der Waals surface area contributed by atoms with Crippen LogP contribution in [0, 0.1) is 0 Å². The molecule has 0 aliphatic carbocycles. The Hall–Kier alpha value is -1.51. The number of methoxy groups -OCH3 is 1. The Balaban J connectivity index is 1.87. The highest BCUT2D eigenvalue weighted by Crippen LogP contribution is 2.15. The molecule has 1 heterocycles. The molecule has 1 saturated heterocycles. The normalized spacial score (nSPS) is 21.2. The van der Waals surface area contributed by atoms with Crippen molar-refractivity contribution in [1.29, 1.82) is 0 Å². The van der Waals surface area contributed by atoms with Crippen LogP contribution >= 0.6 is 0 Å². The molecular formula is C17H26N2O5. The quantitative estimate of drug-likeness (QED) is 0.461. The van der Waals surface area contributed by atoms with Crippen LogP contribution in [0.1, 0.15) is 5.56 Å². The molecule has 2 rings (SSSR count). The van der Waals surface area contributed by atoms with Crippen LogP contribution in [0.3, 0.4) is 0 Å². The van der Waals surface area contributed by atoms with E-state index in [-0.39, 0.29) is 37.9 Å². The van der Waals surface area contributed by atoms with E-state index in [9.17, 15) is 9.90 Å². The SMILES string of the molecule is COCCOCOC[C@@H]1NCC(=O)N(Cc2ccccc2)[C@@H]1CO. The summed E-state index contributed by atoms with van der Waals surface area (Å²) in [6.45, 7) is 2.10. The maximum atomic E-state index is 12.2. The molecule has 0 radical (unpaired) electrons. The van der Waals surface area contributed by atoms with Crippen LogP contribution < -0.4 is 5.32 Å². The molecule has 134 valence electrons. The number of amides is 1. The van der Waals surface area contributed by atoms with E-state index in [4.69, 9.17) is 14.2 Å². The zero-order valence-corrected chi connectivity index (χ0v) is 14.0. The number of carbonyl (C=O) groups excluding carboxylic acids is 1. The van der Waals surface area contributed by atoms with E-state index in [1.807, 2.05) is 30.3 Å². The summed E-state index contributed by atoms with van der Waals surface area (Å²) in [5.74, 6) is -0.0227. The molecule has 0 bridgehead atoms. The van der Waals surface area contributed by atoms with E-state index in [0.29, 0.717) is 26.4 Å². The molecule has 1 fully saturated rings. The van der Waals surface area contributed by atoms with Crippen molar-refractivity contribution in [2.75, 3.05) is 46.9 Å². The summed E-state index contributed by atoms with van der Waals surface area (Å²) in [6, 6.07) is 9.29. The molecule has 1 aliphatic heterocycles. The van der Waals surface area contributed by atoms with E-state index < -0.39 is 0 Å². The highest BCUT2D eigenvalue weighted by molar-refractivity contribution is 5.79. The number of piperazine rings is 1. The summed E-state index contributed by atoms with van der Waals surface area (Å²) >= 11 is 0. The Morgan fingerprint density at radius 2 is 2.04 bits per heavy atom. The van der Waals surface area contributed by atoms with E-state index >= 15 is 0 Å². The van der Waals surface area contributed by atoms with Gasteiger partial charge in [-0.2, -0.15) is 0 Å². The lowest BCUT2D eigenvalue weighted by molar-refractivity contribution is -0.141. The van der Waals surface area contributed by atoms with Crippen LogP contribution in [-0.4, -0.2) is 74.9 Å². The first-order valence-electron chi connectivity index (χ1n) is 8.08. The lowest BCUT2D eigenvalue weighted by Gasteiger charge is -2.40. The summed E-state index contributed by atoms with van der Waals surface area (Å²) in [6.07, 6.45) is 0. The third kappa shape index (κ3) is 5.54. The molecule has 0 saturated carbocycles. The Kier molecular flexibility index (Phi) is 8.14. The standard InChI is InChI=1S/C17H26N2O5/c1-22-7-8-23-13-24-12-15-16(11-20)19(17(21)9-18-15)10-14-5-3-2-4-6-14/h2-6,15-16,18,20H,7-13H2,1H3/t15-,16+/m0/s1. The lowest BCUT2D eigenvalue weighted by atomic mass is 10.0. The highest BCUT2D eigenvalue weighted by atomic mass is 16.7. The summed E-state index contributed by atoms with van der Waals surface area (Å²) in [4.78, 5) is 13.9. The smallest absolute Gasteiger partial charge is 0.237 e. The van der Waals surface area contributed by atoms with Crippen LogP contribution in [0.15, 0.2) is 30.3 Å². The van der Waals surface area contributed by atoms with Gasteiger partial charge in [0.05, 0.1) is 45.1 Å². The van der Waals surface area contributed by atoms with Crippen molar-refractivity contribution >= 4 is 5.91 Å². The van der Waals surface area contributed by atoms with E-state index in [2.05, 4.69) is 5.32 Å². The average Bonchev–Trinajstić information content (AvgIpc) is 2.61. The van der Waals surface area contributed by atoms with Gasteiger partial charge >= 0.3 is 0 Å². The van der Waals surface area contributed by atoms with Crippen molar-refractivity contribution in [1.82, 2.24) is 10.2 Å². The van der Waals surface area contributed by atoms with Crippen molar-refractivity contribution < 1.29 is 24.1 Å². The number of aliphatic hydroxyl groups is 1. The lowest BCUT2D eigenvalue weighted by Crippen LogP contribution is -2.63. The van der Waals surface area contributed by atoms with Gasteiger partial charge < -0.3 is 29.5 Å².